The molecular weight excluding hydrogens is 236 g/mol. The third-order valence-electron chi connectivity index (χ3n) is 5.62. The number of hydrogen-bond donors (Lipinski definition) is 1. The molecule has 0 bridgehead atoms. The van der Waals surface area contributed by atoms with Crippen LogP contribution in [0, 0.1) is 5.41 Å². The van der Waals surface area contributed by atoms with E-state index in [0.717, 1.165) is 19.8 Å². The van der Waals surface area contributed by atoms with Crippen LogP contribution in [0.2, 0.25) is 0 Å². The zero-order chi connectivity index (χ0) is 13.7. The fraction of sp³-hybridized carbons (Fsp3) is 1.00. The van der Waals surface area contributed by atoms with Gasteiger partial charge in [0.1, 0.15) is 0 Å². The van der Waals surface area contributed by atoms with Crippen LogP contribution in [0.5, 0.6) is 0 Å². The van der Waals surface area contributed by atoms with Crippen molar-refractivity contribution >= 4 is 0 Å². The molecule has 0 aromatic heterocycles. The molecule has 3 nitrogen and oxygen atoms in total. The molecule has 3 heteroatoms. The first-order valence-corrected chi connectivity index (χ1v) is 8.30. The lowest BCUT2D eigenvalue weighted by atomic mass is 9.74. The molecule has 112 valence electrons. The summed E-state index contributed by atoms with van der Waals surface area (Å²) in [6, 6.07) is 1.23. The molecule has 2 heterocycles. The Bertz CT molecular complexity index is 253. The van der Waals surface area contributed by atoms with E-state index in [1.54, 1.807) is 0 Å². The first-order valence-electron chi connectivity index (χ1n) is 8.30. The Hall–Kier alpha value is -0.120. The van der Waals surface area contributed by atoms with Gasteiger partial charge >= 0.3 is 0 Å². The molecule has 2 aliphatic rings. The van der Waals surface area contributed by atoms with Crippen molar-refractivity contribution in [3.8, 4) is 0 Å². The van der Waals surface area contributed by atoms with Gasteiger partial charge in [0.2, 0.25) is 0 Å². The second-order valence-electron chi connectivity index (χ2n) is 6.34. The topological polar surface area (TPSA) is 24.5 Å². The van der Waals surface area contributed by atoms with Crippen molar-refractivity contribution in [2.45, 2.75) is 65.0 Å². The van der Waals surface area contributed by atoms with E-state index in [2.05, 4.69) is 31.0 Å². The number of rotatable bonds is 5. The summed E-state index contributed by atoms with van der Waals surface area (Å²) in [5.74, 6) is 0. The Morgan fingerprint density at radius 1 is 1.16 bits per heavy atom. The fourth-order valence-corrected chi connectivity index (χ4v) is 3.87. The minimum absolute atomic E-state index is 0.598. The molecule has 0 radical (unpaired) electrons. The van der Waals surface area contributed by atoms with E-state index in [0.29, 0.717) is 17.5 Å². The first-order chi connectivity index (χ1) is 9.24. The smallest absolute Gasteiger partial charge is 0.0637 e. The van der Waals surface area contributed by atoms with E-state index in [-0.39, 0.29) is 0 Å². The van der Waals surface area contributed by atoms with Crippen LogP contribution >= 0.6 is 0 Å². The molecule has 0 saturated carbocycles. The monoisotopic (exact) mass is 268 g/mol. The Morgan fingerprint density at radius 2 is 1.84 bits per heavy atom. The van der Waals surface area contributed by atoms with Gasteiger partial charge in [-0.1, -0.05) is 33.6 Å². The summed E-state index contributed by atoms with van der Waals surface area (Å²) in [4.78, 5) is 2.69. The van der Waals surface area contributed by atoms with E-state index >= 15 is 0 Å². The van der Waals surface area contributed by atoms with Gasteiger partial charge in [-0.3, -0.25) is 4.90 Å². The Labute approximate surface area is 119 Å². The summed E-state index contributed by atoms with van der Waals surface area (Å²) in [7, 11) is 0. The van der Waals surface area contributed by atoms with E-state index in [1.807, 2.05) is 0 Å². The van der Waals surface area contributed by atoms with Gasteiger partial charge in [0.05, 0.1) is 6.61 Å². The molecule has 1 N–H and O–H groups in total. The van der Waals surface area contributed by atoms with Gasteiger partial charge in [0.25, 0.3) is 0 Å². The maximum absolute atomic E-state index is 5.73. The molecule has 2 fully saturated rings. The molecule has 2 aliphatic heterocycles. The van der Waals surface area contributed by atoms with Crippen LogP contribution < -0.4 is 5.32 Å². The van der Waals surface area contributed by atoms with Gasteiger partial charge in [0, 0.05) is 18.7 Å². The number of hydrogen-bond acceptors (Lipinski definition) is 3. The lowest BCUT2D eigenvalue weighted by Gasteiger charge is -2.47. The maximum Gasteiger partial charge on any atom is 0.0637 e. The number of nitrogens with one attached hydrogen (secondary N) is 1. The van der Waals surface area contributed by atoms with Crippen LogP contribution in [0.4, 0.5) is 0 Å². The second-order valence-corrected chi connectivity index (χ2v) is 6.34. The lowest BCUT2D eigenvalue weighted by Crippen LogP contribution is -2.57. The first kappa shape index (κ1) is 15.3. The van der Waals surface area contributed by atoms with Crippen LogP contribution in [0.1, 0.15) is 52.9 Å². The Balaban J connectivity index is 1.91. The number of ether oxygens (including phenoxy) is 1. The van der Waals surface area contributed by atoms with E-state index < -0.39 is 0 Å². The highest BCUT2D eigenvalue weighted by atomic mass is 16.5. The normalized spacial score (nSPS) is 32.4. The van der Waals surface area contributed by atoms with Crippen molar-refractivity contribution in [1.29, 1.82) is 0 Å². The van der Waals surface area contributed by atoms with Crippen molar-refractivity contribution in [3.63, 3.8) is 0 Å². The third kappa shape index (κ3) is 3.50. The minimum Gasteiger partial charge on any atom is -0.380 e. The maximum atomic E-state index is 5.73. The Morgan fingerprint density at radius 3 is 2.42 bits per heavy atom. The summed E-state index contributed by atoms with van der Waals surface area (Å²) in [6.45, 7) is 12.4. The molecule has 0 aromatic rings. The highest BCUT2D eigenvalue weighted by Crippen LogP contribution is 2.38. The highest BCUT2D eigenvalue weighted by Gasteiger charge is 2.37. The summed E-state index contributed by atoms with van der Waals surface area (Å²) >= 11 is 0. The van der Waals surface area contributed by atoms with Crippen LogP contribution in [-0.4, -0.2) is 49.8 Å². The van der Waals surface area contributed by atoms with Crippen molar-refractivity contribution < 1.29 is 4.74 Å². The number of piperidine rings is 1. The van der Waals surface area contributed by atoms with E-state index in [9.17, 15) is 0 Å². The summed E-state index contributed by atoms with van der Waals surface area (Å²) in [6.07, 6.45) is 6.59. The molecule has 2 atom stereocenters. The molecule has 0 spiro atoms. The zero-order valence-corrected chi connectivity index (χ0v) is 13.1. The van der Waals surface area contributed by atoms with Gasteiger partial charge in [-0.25, -0.2) is 0 Å². The Kier molecular flexibility index (Phi) is 5.67. The van der Waals surface area contributed by atoms with Gasteiger partial charge in [-0.05, 0) is 44.3 Å². The van der Waals surface area contributed by atoms with E-state index in [4.69, 9.17) is 4.74 Å². The summed E-state index contributed by atoms with van der Waals surface area (Å²) in [5.41, 5.74) is 0.625. The van der Waals surface area contributed by atoms with Crippen LogP contribution in [0.25, 0.3) is 0 Å². The second kappa shape index (κ2) is 7.05. The lowest BCUT2D eigenvalue weighted by molar-refractivity contribution is -0.0276. The molecule has 0 amide bonds. The van der Waals surface area contributed by atoms with Gasteiger partial charge in [-0.15, -0.1) is 0 Å². The molecule has 0 aromatic carbocycles. The minimum atomic E-state index is 0.598. The molecule has 2 unspecified atom stereocenters. The average molecular weight is 268 g/mol. The van der Waals surface area contributed by atoms with Crippen molar-refractivity contribution in [2.75, 3.05) is 32.8 Å². The fourth-order valence-electron chi connectivity index (χ4n) is 3.87. The summed E-state index contributed by atoms with van der Waals surface area (Å²) < 4.78 is 5.73. The quantitative estimate of drug-likeness (QED) is 0.829. The third-order valence-corrected chi connectivity index (χ3v) is 5.62. The zero-order valence-electron chi connectivity index (χ0n) is 13.1. The predicted octanol–water partition coefficient (Wildman–Crippen LogP) is 2.66. The molecular formula is C16H32N2O. The van der Waals surface area contributed by atoms with Crippen molar-refractivity contribution in [2.24, 2.45) is 5.41 Å². The van der Waals surface area contributed by atoms with Crippen LogP contribution in [-0.2, 0) is 4.74 Å². The molecule has 2 rings (SSSR count). The van der Waals surface area contributed by atoms with Crippen molar-refractivity contribution in [3.05, 3.63) is 0 Å². The standard InChI is InChI=1S/C16H32N2O/c1-4-16(5-2)8-10-18(11-9-16)15-13-19-12-7-14(15)17-6-3/h14-15,17H,4-13H2,1-3H3. The van der Waals surface area contributed by atoms with E-state index in [1.165, 1.54) is 45.2 Å². The summed E-state index contributed by atoms with van der Waals surface area (Å²) in [5, 5.41) is 3.66. The van der Waals surface area contributed by atoms with Gasteiger partial charge in [-0.2, -0.15) is 0 Å². The van der Waals surface area contributed by atoms with Crippen LogP contribution in [0.15, 0.2) is 0 Å². The van der Waals surface area contributed by atoms with Gasteiger partial charge < -0.3 is 10.1 Å². The molecule has 0 aliphatic carbocycles. The van der Waals surface area contributed by atoms with Gasteiger partial charge in [0.15, 0.2) is 0 Å². The number of likely N-dealkylation sites (N-methyl/N-ethyl adjacent to an activating group) is 1. The SMILES string of the molecule is CCNC1CCOCC1N1CCC(CC)(CC)CC1. The average Bonchev–Trinajstić information content (AvgIpc) is 2.48. The molecule has 2 saturated heterocycles. The largest absolute Gasteiger partial charge is 0.380 e. The van der Waals surface area contributed by atoms with Crippen LogP contribution in [0.3, 0.4) is 0 Å². The number of likely N-dealkylation sites (tertiary alicyclic amines) is 1. The predicted molar refractivity (Wildman–Crippen MR) is 80.5 cm³/mol. The number of nitrogens with zero attached hydrogens (tertiary/aromatic N) is 1. The molecule has 19 heavy (non-hydrogen) atoms. The van der Waals surface area contributed by atoms with Crippen molar-refractivity contribution in [1.82, 2.24) is 10.2 Å². The highest BCUT2D eigenvalue weighted by molar-refractivity contribution is 4.92.